The van der Waals surface area contributed by atoms with Crippen molar-refractivity contribution < 1.29 is 14.4 Å². The first-order valence-electron chi connectivity index (χ1n) is 11.2. The van der Waals surface area contributed by atoms with Crippen molar-refractivity contribution >= 4 is 23.5 Å². The van der Waals surface area contributed by atoms with Crippen LogP contribution < -0.4 is 5.32 Å². The predicted molar refractivity (Wildman–Crippen MR) is 117 cm³/mol. The van der Waals surface area contributed by atoms with E-state index in [0.29, 0.717) is 38.9 Å². The normalized spacial score (nSPS) is 17.3. The molecule has 1 aromatic carbocycles. The highest BCUT2D eigenvalue weighted by molar-refractivity contribution is 5.89. The molecule has 2 aliphatic heterocycles. The third-order valence-corrected chi connectivity index (χ3v) is 6.10. The number of piperidine rings is 1. The maximum absolute atomic E-state index is 12.6. The van der Waals surface area contributed by atoms with Gasteiger partial charge in [0.05, 0.1) is 0 Å². The summed E-state index contributed by atoms with van der Waals surface area (Å²) < 4.78 is 0. The molecule has 0 saturated carbocycles. The summed E-state index contributed by atoms with van der Waals surface area (Å²) in [6.07, 6.45) is 5.11. The first kappa shape index (κ1) is 22.1. The Morgan fingerprint density at radius 3 is 2.43 bits per heavy atom. The maximum atomic E-state index is 12.6. The fourth-order valence-corrected chi connectivity index (χ4v) is 4.13. The summed E-state index contributed by atoms with van der Waals surface area (Å²) in [6.45, 7) is 5.57. The molecule has 2 fully saturated rings. The lowest BCUT2D eigenvalue weighted by atomic mass is 9.95. The van der Waals surface area contributed by atoms with Gasteiger partial charge in [-0.2, -0.15) is 0 Å². The minimum atomic E-state index is -0.122. The van der Waals surface area contributed by atoms with Gasteiger partial charge in [0.1, 0.15) is 0 Å². The minimum Gasteiger partial charge on any atom is -0.346 e. The summed E-state index contributed by atoms with van der Waals surface area (Å²) in [7, 11) is 1.88. The van der Waals surface area contributed by atoms with Crippen LogP contribution in [0.25, 0.3) is 0 Å². The molecule has 1 N–H and O–H groups in total. The van der Waals surface area contributed by atoms with E-state index >= 15 is 0 Å². The van der Waals surface area contributed by atoms with Crippen LogP contribution in [0.5, 0.6) is 0 Å². The topological polar surface area (TPSA) is 73.0 Å². The number of carbonyl (C=O) groups is 3. The highest BCUT2D eigenvalue weighted by Crippen LogP contribution is 2.21. The van der Waals surface area contributed by atoms with E-state index in [2.05, 4.69) is 12.2 Å². The molecule has 0 bridgehead atoms. The van der Waals surface area contributed by atoms with Crippen molar-refractivity contribution in [2.75, 3.05) is 38.5 Å². The second kappa shape index (κ2) is 10.5. The molecular formula is C23H34N4O3. The number of hydrogen-bond acceptors (Lipinski definition) is 3. The van der Waals surface area contributed by atoms with E-state index < -0.39 is 0 Å². The fourth-order valence-electron chi connectivity index (χ4n) is 4.13. The molecule has 4 amide bonds. The first-order chi connectivity index (χ1) is 14.5. The average Bonchev–Trinajstić information content (AvgIpc) is 3.17. The van der Waals surface area contributed by atoms with Crippen LogP contribution in [0.4, 0.5) is 10.5 Å². The molecule has 0 atom stereocenters. The van der Waals surface area contributed by atoms with Gasteiger partial charge in [-0.3, -0.25) is 9.59 Å². The Labute approximate surface area is 179 Å². The van der Waals surface area contributed by atoms with Gasteiger partial charge in [-0.1, -0.05) is 25.5 Å². The second-order valence-electron chi connectivity index (χ2n) is 8.42. The molecule has 2 heterocycles. The molecule has 7 nitrogen and oxygen atoms in total. The van der Waals surface area contributed by atoms with Crippen LogP contribution in [0.15, 0.2) is 24.3 Å². The van der Waals surface area contributed by atoms with E-state index in [4.69, 9.17) is 0 Å². The standard InChI is InChI=1S/C23H34N4O3/c1-3-4-13-25(2)22(29)19-11-15-26(16-12-19)23(30)24-20-9-7-18(8-10-20)17-27-14-5-6-21(27)28/h7-10,19H,3-6,11-17H2,1-2H3,(H,24,30). The number of amides is 4. The molecule has 7 heteroatoms. The third-order valence-electron chi connectivity index (χ3n) is 6.10. The smallest absolute Gasteiger partial charge is 0.321 e. The Morgan fingerprint density at radius 2 is 1.83 bits per heavy atom. The Kier molecular flexibility index (Phi) is 7.71. The van der Waals surface area contributed by atoms with Crippen molar-refractivity contribution in [3.63, 3.8) is 0 Å². The number of benzene rings is 1. The van der Waals surface area contributed by atoms with E-state index in [1.165, 1.54) is 0 Å². The Balaban J connectivity index is 1.44. The molecule has 30 heavy (non-hydrogen) atoms. The molecule has 164 valence electrons. The van der Waals surface area contributed by atoms with Gasteiger partial charge in [0.15, 0.2) is 0 Å². The van der Waals surface area contributed by atoms with Crippen LogP contribution in [-0.4, -0.2) is 65.8 Å². The Bertz CT molecular complexity index is 741. The maximum Gasteiger partial charge on any atom is 0.321 e. The van der Waals surface area contributed by atoms with Crippen molar-refractivity contribution in [2.24, 2.45) is 5.92 Å². The lowest BCUT2D eigenvalue weighted by Crippen LogP contribution is -2.45. The summed E-state index contributed by atoms with van der Waals surface area (Å²) in [5.41, 5.74) is 1.81. The number of likely N-dealkylation sites (tertiary alicyclic amines) is 2. The lowest BCUT2D eigenvalue weighted by molar-refractivity contribution is -0.135. The molecule has 1 aromatic rings. The molecular weight excluding hydrogens is 380 g/mol. The highest BCUT2D eigenvalue weighted by Gasteiger charge is 2.29. The summed E-state index contributed by atoms with van der Waals surface area (Å²) in [5.74, 6) is 0.435. The zero-order chi connectivity index (χ0) is 21.5. The number of carbonyl (C=O) groups excluding carboxylic acids is 3. The van der Waals surface area contributed by atoms with Crippen LogP contribution in [0.1, 0.15) is 51.0 Å². The van der Waals surface area contributed by atoms with E-state index in [0.717, 1.165) is 43.6 Å². The van der Waals surface area contributed by atoms with Crippen LogP contribution in [0.3, 0.4) is 0 Å². The molecule has 0 aliphatic carbocycles. The predicted octanol–water partition coefficient (Wildman–Crippen LogP) is 3.31. The molecule has 3 rings (SSSR count). The van der Waals surface area contributed by atoms with Gasteiger partial charge >= 0.3 is 6.03 Å². The van der Waals surface area contributed by atoms with Gasteiger partial charge in [0.25, 0.3) is 0 Å². The number of anilines is 1. The zero-order valence-corrected chi connectivity index (χ0v) is 18.2. The SMILES string of the molecule is CCCCN(C)C(=O)C1CCN(C(=O)Nc2ccc(CN3CCCC3=O)cc2)CC1. The van der Waals surface area contributed by atoms with Crippen LogP contribution in [0, 0.1) is 5.92 Å². The number of rotatable bonds is 7. The summed E-state index contributed by atoms with van der Waals surface area (Å²) in [6, 6.07) is 7.55. The molecule has 0 spiro atoms. The Hall–Kier alpha value is -2.57. The fraction of sp³-hybridized carbons (Fsp3) is 0.609. The van der Waals surface area contributed by atoms with Crippen molar-refractivity contribution in [2.45, 2.75) is 52.0 Å². The van der Waals surface area contributed by atoms with Crippen molar-refractivity contribution in [3.05, 3.63) is 29.8 Å². The number of nitrogens with zero attached hydrogens (tertiary/aromatic N) is 3. The highest BCUT2D eigenvalue weighted by atomic mass is 16.2. The first-order valence-corrected chi connectivity index (χ1v) is 11.2. The zero-order valence-electron chi connectivity index (χ0n) is 18.2. The number of urea groups is 1. The number of hydrogen-bond donors (Lipinski definition) is 1. The van der Waals surface area contributed by atoms with Gasteiger partial charge in [-0.15, -0.1) is 0 Å². The number of nitrogens with one attached hydrogen (secondary N) is 1. The van der Waals surface area contributed by atoms with Crippen LogP contribution >= 0.6 is 0 Å². The molecule has 0 aromatic heterocycles. The summed E-state index contributed by atoms with van der Waals surface area (Å²) in [5, 5.41) is 2.95. The Morgan fingerprint density at radius 1 is 1.13 bits per heavy atom. The molecule has 2 aliphatic rings. The average molecular weight is 415 g/mol. The lowest BCUT2D eigenvalue weighted by Gasteiger charge is -2.33. The quantitative estimate of drug-likeness (QED) is 0.744. The van der Waals surface area contributed by atoms with Gasteiger partial charge < -0.3 is 20.0 Å². The van der Waals surface area contributed by atoms with Crippen molar-refractivity contribution in [3.8, 4) is 0 Å². The van der Waals surface area contributed by atoms with Crippen LogP contribution in [0.2, 0.25) is 0 Å². The van der Waals surface area contributed by atoms with E-state index in [9.17, 15) is 14.4 Å². The minimum absolute atomic E-state index is 0.0171. The summed E-state index contributed by atoms with van der Waals surface area (Å²) in [4.78, 5) is 42.4. The van der Waals surface area contributed by atoms with E-state index in [1.54, 1.807) is 4.90 Å². The number of unbranched alkanes of at least 4 members (excludes halogenated alkanes) is 1. The summed E-state index contributed by atoms with van der Waals surface area (Å²) >= 11 is 0. The van der Waals surface area contributed by atoms with Gasteiger partial charge in [0.2, 0.25) is 11.8 Å². The third kappa shape index (κ3) is 5.74. The monoisotopic (exact) mass is 414 g/mol. The molecule has 0 unspecified atom stereocenters. The van der Waals surface area contributed by atoms with E-state index in [1.807, 2.05) is 41.1 Å². The largest absolute Gasteiger partial charge is 0.346 e. The van der Waals surface area contributed by atoms with Gasteiger partial charge in [-0.25, -0.2) is 4.79 Å². The van der Waals surface area contributed by atoms with Gasteiger partial charge in [0, 0.05) is 57.8 Å². The van der Waals surface area contributed by atoms with Gasteiger partial charge in [-0.05, 0) is 43.4 Å². The molecule has 0 radical (unpaired) electrons. The van der Waals surface area contributed by atoms with Crippen LogP contribution in [-0.2, 0) is 16.1 Å². The van der Waals surface area contributed by atoms with Crippen molar-refractivity contribution in [1.82, 2.24) is 14.7 Å². The molecule has 2 saturated heterocycles. The van der Waals surface area contributed by atoms with Crippen molar-refractivity contribution in [1.29, 1.82) is 0 Å². The second-order valence-corrected chi connectivity index (χ2v) is 8.42. The van der Waals surface area contributed by atoms with E-state index in [-0.39, 0.29) is 23.8 Å².